The Hall–Kier alpha value is -2.36. The Morgan fingerprint density at radius 2 is 1.58 bits per heavy atom. The van der Waals surface area contributed by atoms with Crippen LogP contribution < -0.4 is 0 Å². The summed E-state index contributed by atoms with van der Waals surface area (Å²) in [7, 11) is 0. The zero-order chi connectivity index (χ0) is 16.7. The number of fused-ring (bicyclic) bond motifs is 1. The first-order valence-electron chi connectivity index (χ1n) is 7.50. The molecule has 0 spiro atoms. The molecule has 24 heavy (non-hydrogen) atoms. The summed E-state index contributed by atoms with van der Waals surface area (Å²) in [5.74, 6) is 0.834. The van der Waals surface area contributed by atoms with Crippen LogP contribution in [0.1, 0.15) is 5.82 Å². The molecule has 0 unspecified atom stereocenters. The Balaban J connectivity index is 2.05. The van der Waals surface area contributed by atoms with Crippen molar-refractivity contribution in [2.24, 2.45) is 0 Å². The van der Waals surface area contributed by atoms with Crippen molar-refractivity contribution in [2.75, 3.05) is 0 Å². The first-order chi connectivity index (χ1) is 11.6. The van der Waals surface area contributed by atoms with E-state index in [0.717, 1.165) is 33.7 Å². The van der Waals surface area contributed by atoms with Crippen molar-refractivity contribution in [2.45, 2.75) is 6.92 Å². The summed E-state index contributed by atoms with van der Waals surface area (Å²) < 4.78 is 1.97. The van der Waals surface area contributed by atoms with Gasteiger partial charge in [-0.1, -0.05) is 53.5 Å². The Bertz CT molecular complexity index is 1040. The highest BCUT2D eigenvalue weighted by atomic mass is 35.5. The van der Waals surface area contributed by atoms with E-state index >= 15 is 0 Å². The molecule has 118 valence electrons. The Morgan fingerprint density at radius 1 is 0.833 bits per heavy atom. The van der Waals surface area contributed by atoms with Gasteiger partial charge in [0.15, 0.2) is 5.65 Å². The van der Waals surface area contributed by atoms with Crippen LogP contribution in [-0.2, 0) is 0 Å². The molecule has 2 aromatic carbocycles. The molecule has 4 rings (SSSR count). The normalized spacial score (nSPS) is 11.1. The maximum atomic E-state index is 6.45. The molecule has 0 aliphatic carbocycles. The van der Waals surface area contributed by atoms with Gasteiger partial charge in [0.05, 0.1) is 0 Å². The minimum absolute atomic E-state index is 0.706. The number of pyridine rings is 1. The highest BCUT2D eigenvalue weighted by Gasteiger charge is 2.14. The van der Waals surface area contributed by atoms with E-state index < -0.39 is 0 Å². The van der Waals surface area contributed by atoms with E-state index in [2.05, 4.69) is 10.2 Å². The number of nitrogens with zero attached hydrogens (tertiary/aromatic N) is 3. The number of aryl methyl sites for hydroxylation is 1. The monoisotopic (exact) mass is 353 g/mol. The van der Waals surface area contributed by atoms with Gasteiger partial charge < -0.3 is 0 Å². The third-order valence-electron chi connectivity index (χ3n) is 4.03. The molecule has 4 aromatic rings. The SMILES string of the molecule is Cc1nnc2cc(-c3ccc(Cl)cc3)c(-c3ccccc3Cl)cn12. The molecule has 0 amide bonds. The molecule has 0 bridgehead atoms. The molecule has 2 heterocycles. The van der Waals surface area contributed by atoms with Crippen LogP contribution >= 0.6 is 23.2 Å². The highest BCUT2D eigenvalue weighted by Crippen LogP contribution is 2.37. The molecule has 3 nitrogen and oxygen atoms in total. The third-order valence-corrected chi connectivity index (χ3v) is 4.62. The van der Waals surface area contributed by atoms with Crippen LogP contribution in [-0.4, -0.2) is 14.6 Å². The van der Waals surface area contributed by atoms with E-state index in [1.165, 1.54) is 0 Å². The summed E-state index contributed by atoms with van der Waals surface area (Å²) in [4.78, 5) is 0. The van der Waals surface area contributed by atoms with Crippen LogP contribution in [0.15, 0.2) is 60.8 Å². The quantitative estimate of drug-likeness (QED) is 0.464. The molecule has 0 aliphatic heterocycles. The van der Waals surface area contributed by atoms with Crippen molar-refractivity contribution in [1.82, 2.24) is 14.6 Å². The number of hydrogen-bond donors (Lipinski definition) is 0. The lowest BCUT2D eigenvalue weighted by Gasteiger charge is -2.13. The standard InChI is InChI=1S/C19H13Cl2N3/c1-12-22-23-19-10-16(13-6-8-14(20)9-7-13)17(11-24(12)19)15-4-2-3-5-18(15)21/h2-11H,1H3. The third kappa shape index (κ3) is 2.56. The van der Waals surface area contributed by atoms with Gasteiger partial charge in [-0.3, -0.25) is 4.40 Å². The van der Waals surface area contributed by atoms with Gasteiger partial charge in [0.1, 0.15) is 5.82 Å². The maximum Gasteiger partial charge on any atom is 0.161 e. The molecule has 0 saturated carbocycles. The molecule has 0 radical (unpaired) electrons. The fraction of sp³-hybridized carbons (Fsp3) is 0.0526. The van der Waals surface area contributed by atoms with Crippen LogP contribution in [0.4, 0.5) is 0 Å². The van der Waals surface area contributed by atoms with Crippen molar-refractivity contribution < 1.29 is 0 Å². The van der Waals surface area contributed by atoms with Crippen molar-refractivity contribution >= 4 is 28.8 Å². The second-order valence-electron chi connectivity index (χ2n) is 5.56. The molecule has 0 atom stereocenters. The number of halogens is 2. The molecule has 2 aromatic heterocycles. The summed E-state index contributed by atoms with van der Waals surface area (Å²) in [6.07, 6.45) is 2.04. The van der Waals surface area contributed by atoms with Gasteiger partial charge in [0.25, 0.3) is 0 Å². The van der Waals surface area contributed by atoms with Gasteiger partial charge in [-0.05, 0) is 42.3 Å². The van der Waals surface area contributed by atoms with Gasteiger partial charge in [-0.15, -0.1) is 10.2 Å². The van der Waals surface area contributed by atoms with E-state index in [1.54, 1.807) is 0 Å². The average molecular weight is 354 g/mol. The number of aromatic nitrogens is 3. The summed E-state index contributed by atoms with van der Waals surface area (Å²) in [6, 6.07) is 17.6. The Kier molecular flexibility index (Phi) is 3.75. The van der Waals surface area contributed by atoms with Gasteiger partial charge >= 0.3 is 0 Å². The lowest BCUT2D eigenvalue weighted by molar-refractivity contribution is 1.01. The first kappa shape index (κ1) is 15.2. The van der Waals surface area contributed by atoms with Crippen molar-refractivity contribution in [3.05, 3.63) is 76.7 Å². The number of rotatable bonds is 2. The Morgan fingerprint density at radius 3 is 2.33 bits per heavy atom. The van der Waals surface area contributed by atoms with E-state index in [9.17, 15) is 0 Å². The molecule has 0 fully saturated rings. The molecular weight excluding hydrogens is 341 g/mol. The van der Waals surface area contributed by atoms with E-state index in [0.29, 0.717) is 10.0 Å². The Labute approximate surface area is 149 Å². The number of benzene rings is 2. The van der Waals surface area contributed by atoms with Gasteiger partial charge in [0, 0.05) is 27.4 Å². The smallest absolute Gasteiger partial charge is 0.161 e. The van der Waals surface area contributed by atoms with Crippen molar-refractivity contribution in [1.29, 1.82) is 0 Å². The minimum atomic E-state index is 0.706. The fourth-order valence-electron chi connectivity index (χ4n) is 2.81. The molecule has 0 N–H and O–H groups in total. The summed E-state index contributed by atoms with van der Waals surface area (Å²) in [5.41, 5.74) is 4.89. The molecule has 5 heteroatoms. The minimum Gasteiger partial charge on any atom is -0.286 e. The van der Waals surface area contributed by atoms with E-state index in [-0.39, 0.29) is 0 Å². The molecular formula is C19H13Cl2N3. The maximum absolute atomic E-state index is 6.45. The lowest BCUT2D eigenvalue weighted by Crippen LogP contribution is -1.94. The average Bonchev–Trinajstić information content (AvgIpc) is 2.95. The van der Waals surface area contributed by atoms with Crippen LogP contribution in [0.2, 0.25) is 10.0 Å². The summed E-state index contributed by atoms with van der Waals surface area (Å²) >= 11 is 12.5. The van der Waals surface area contributed by atoms with Crippen LogP contribution in [0, 0.1) is 6.92 Å². The predicted molar refractivity (Wildman–Crippen MR) is 98.6 cm³/mol. The summed E-state index contributed by atoms with van der Waals surface area (Å²) in [5, 5.41) is 9.81. The largest absolute Gasteiger partial charge is 0.286 e. The second kappa shape index (κ2) is 5.93. The fourth-order valence-corrected chi connectivity index (χ4v) is 3.18. The first-order valence-corrected chi connectivity index (χ1v) is 8.25. The van der Waals surface area contributed by atoms with E-state index in [1.807, 2.05) is 72.1 Å². The lowest BCUT2D eigenvalue weighted by atomic mass is 9.96. The highest BCUT2D eigenvalue weighted by molar-refractivity contribution is 6.33. The predicted octanol–water partition coefficient (Wildman–Crippen LogP) is 5.68. The summed E-state index contributed by atoms with van der Waals surface area (Å²) in [6.45, 7) is 1.93. The van der Waals surface area contributed by atoms with Crippen molar-refractivity contribution in [3.63, 3.8) is 0 Å². The van der Waals surface area contributed by atoms with Crippen LogP contribution in [0.3, 0.4) is 0 Å². The zero-order valence-corrected chi connectivity index (χ0v) is 14.4. The van der Waals surface area contributed by atoms with Gasteiger partial charge in [0.2, 0.25) is 0 Å². The van der Waals surface area contributed by atoms with Crippen molar-refractivity contribution in [3.8, 4) is 22.3 Å². The van der Waals surface area contributed by atoms with Crippen LogP contribution in [0.5, 0.6) is 0 Å². The van der Waals surface area contributed by atoms with E-state index in [4.69, 9.17) is 23.2 Å². The molecule has 0 saturated heterocycles. The van der Waals surface area contributed by atoms with Crippen LogP contribution in [0.25, 0.3) is 27.9 Å². The van der Waals surface area contributed by atoms with Gasteiger partial charge in [-0.25, -0.2) is 0 Å². The number of hydrogen-bond acceptors (Lipinski definition) is 2. The topological polar surface area (TPSA) is 30.2 Å². The zero-order valence-electron chi connectivity index (χ0n) is 12.9. The second-order valence-corrected chi connectivity index (χ2v) is 6.41. The molecule has 0 aliphatic rings. The van der Waals surface area contributed by atoms with Gasteiger partial charge in [-0.2, -0.15) is 0 Å².